The highest BCUT2D eigenvalue weighted by molar-refractivity contribution is 6.06. The summed E-state index contributed by atoms with van der Waals surface area (Å²) in [5, 5.41) is 2.22. The first-order chi connectivity index (χ1) is 22.8. The minimum Gasteiger partial charge on any atom is -0.456 e. The molecule has 2 heterocycles. The molecule has 6 aromatic carbocycles. The maximum absolute atomic E-state index is 6.30. The molecule has 0 N–H and O–H groups in total. The van der Waals surface area contributed by atoms with Gasteiger partial charge in [-0.25, -0.2) is 9.97 Å². The molecule has 0 atom stereocenters. The Labute approximate surface area is 274 Å². The lowest BCUT2D eigenvalue weighted by molar-refractivity contribution is 0.300. The summed E-state index contributed by atoms with van der Waals surface area (Å²) >= 11 is 0. The molecular weight excluding hydrogens is 572 g/mol. The average Bonchev–Trinajstić information content (AvgIpc) is 3.48. The van der Waals surface area contributed by atoms with Gasteiger partial charge in [-0.2, -0.15) is 0 Å². The molecule has 0 saturated heterocycles. The van der Waals surface area contributed by atoms with Crippen molar-refractivity contribution < 1.29 is 4.42 Å². The third-order valence-electron chi connectivity index (χ3n) is 10.8. The molecule has 0 unspecified atom stereocenters. The van der Waals surface area contributed by atoms with Crippen LogP contribution in [-0.4, -0.2) is 9.97 Å². The zero-order valence-corrected chi connectivity index (χ0v) is 27.0. The second kappa shape index (κ2) is 9.98. The average molecular weight is 607 g/mol. The molecular formula is C44H34N2O. The summed E-state index contributed by atoms with van der Waals surface area (Å²) in [4.78, 5) is 10.5. The van der Waals surface area contributed by atoms with Crippen molar-refractivity contribution in [2.75, 3.05) is 0 Å². The van der Waals surface area contributed by atoms with Crippen molar-refractivity contribution >= 4 is 33.0 Å². The molecule has 0 saturated carbocycles. The van der Waals surface area contributed by atoms with Crippen LogP contribution in [0.4, 0.5) is 0 Å². The zero-order valence-electron chi connectivity index (χ0n) is 27.0. The van der Waals surface area contributed by atoms with Gasteiger partial charge in [0.25, 0.3) is 0 Å². The van der Waals surface area contributed by atoms with Crippen LogP contribution in [-0.2, 0) is 10.8 Å². The van der Waals surface area contributed by atoms with E-state index in [9.17, 15) is 0 Å². The van der Waals surface area contributed by atoms with Crippen molar-refractivity contribution in [3.63, 3.8) is 0 Å². The third-order valence-corrected chi connectivity index (χ3v) is 10.8. The van der Waals surface area contributed by atoms with Gasteiger partial charge in [0.05, 0.1) is 22.4 Å². The number of nitrogens with zero attached hydrogens (tertiary/aromatic N) is 2. The van der Waals surface area contributed by atoms with E-state index in [4.69, 9.17) is 14.4 Å². The highest BCUT2D eigenvalue weighted by Gasteiger charge is 2.47. The van der Waals surface area contributed by atoms with Crippen LogP contribution in [0.25, 0.3) is 77.7 Å². The van der Waals surface area contributed by atoms with Gasteiger partial charge in [0.15, 0.2) is 0 Å². The Morgan fingerprint density at radius 3 is 1.83 bits per heavy atom. The molecule has 3 nitrogen and oxygen atoms in total. The van der Waals surface area contributed by atoms with E-state index in [1.165, 1.54) is 33.4 Å². The van der Waals surface area contributed by atoms with E-state index in [1.807, 2.05) is 36.4 Å². The molecule has 1 aliphatic rings. The largest absolute Gasteiger partial charge is 0.456 e. The van der Waals surface area contributed by atoms with E-state index < -0.39 is 0 Å². The molecule has 47 heavy (non-hydrogen) atoms. The number of hydrogen-bond donors (Lipinski definition) is 0. The summed E-state index contributed by atoms with van der Waals surface area (Å²) in [5.41, 5.74) is 14.8. The first kappa shape index (κ1) is 27.7. The lowest BCUT2D eigenvalue weighted by Crippen LogP contribution is -2.44. The SMILES string of the molecule is CC1(C)c2ccc(-c3nc4ccccc4nc3-c3ccc4c(c3)oc3ccccc34)cc2-c2cccc(-c3ccccc3)c2C1(C)C. The highest BCUT2D eigenvalue weighted by Crippen LogP contribution is 2.56. The normalized spacial score (nSPS) is 14.7. The molecule has 8 aromatic rings. The van der Waals surface area contributed by atoms with Gasteiger partial charge < -0.3 is 4.42 Å². The van der Waals surface area contributed by atoms with Crippen LogP contribution in [0.15, 0.2) is 138 Å². The molecule has 9 rings (SSSR count). The summed E-state index contributed by atoms with van der Waals surface area (Å²) in [6, 6.07) is 47.2. The molecule has 0 bridgehead atoms. The molecule has 3 heteroatoms. The van der Waals surface area contributed by atoms with Gasteiger partial charge in [-0.05, 0) is 75.2 Å². The Balaban J connectivity index is 1.29. The smallest absolute Gasteiger partial charge is 0.136 e. The van der Waals surface area contributed by atoms with Crippen molar-refractivity contribution in [1.82, 2.24) is 9.97 Å². The lowest BCUT2D eigenvalue weighted by Gasteiger charge is -2.49. The van der Waals surface area contributed by atoms with E-state index >= 15 is 0 Å². The highest BCUT2D eigenvalue weighted by atomic mass is 16.3. The Morgan fingerprint density at radius 1 is 0.447 bits per heavy atom. The fourth-order valence-electron chi connectivity index (χ4n) is 7.69. The maximum atomic E-state index is 6.30. The molecule has 2 aromatic heterocycles. The van der Waals surface area contributed by atoms with E-state index in [0.717, 1.165) is 55.5 Å². The fourth-order valence-corrected chi connectivity index (χ4v) is 7.69. The molecule has 0 spiro atoms. The number of aromatic nitrogens is 2. The van der Waals surface area contributed by atoms with Crippen LogP contribution in [0.5, 0.6) is 0 Å². The molecule has 0 radical (unpaired) electrons. The van der Waals surface area contributed by atoms with Gasteiger partial charge in [0.2, 0.25) is 0 Å². The van der Waals surface area contributed by atoms with E-state index in [-0.39, 0.29) is 10.8 Å². The minimum atomic E-state index is -0.122. The van der Waals surface area contributed by atoms with Crippen molar-refractivity contribution in [3.05, 3.63) is 145 Å². The molecule has 226 valence electrons. The molecule has 0 amide bonds. The quantitative estimate of drug-likeness (QED) is 0.201. The molecule has 0 aliphatic heterocycles. The van der Waals surface area contributed by atoms with Crippen LogP contribution < -0.4 is 0 Å². The predicted molar refractivity (Wildman–Crippen MR) is 195 cm³/mol. The summed E-state index contributed by atoms with van der Waals surface area (Å²) in [6.07, 6.45) is 0. The Bertz CT molecular complexity index is 2520. The summed E-state index contributed by atoms with van der Waals surface area (Å²) in [5.74, 6) is 0. The monoisotopic (exact) mass is 606 g/mol. The number of rotatable bonds is 3. The van der Waals surface area contributed by atoms with E-state index in [2.05, 4.69) is 125 Å². The van der Waals surface area contributed by atoms with Gasteiger partial charge in [-0.15, -0.1) is 0 Å². The number of fused-ring (bicyclic) bond motifs is 7. The number of para-hydroxylation sites is 3. The Morgan fingerprint density at radius 2 is 1.06 bits per heavy atom. The standard InChI is InChI=1S/C44H34N2O/c1-43(2)35-24-22-28(25-34(35)33-17-12-16-30(40(33)44(43,3)4)27-13-6-5-7-14-27)41-42(46-37-19-10-9-18-36(37)45-41)29-21-23-32-31-15-8-11-20-38(31)47-39(32)26-29/h5-26H,1-4H3. The van der Waals surface area contributed by atoms with Gasteiger partial charge >= 0.3 is 0 Å². The number of hydrogen-bond acceptors (Lipinski definition) is 3. The van der Waals surface area contributed by atoms with Crippen LogP contribution in [0.1, 0.15) is 38.8 Å². The van der Waals surface area contributed by atoms with Crippen molar-refractivity contribution in [3.8, 4) is 44.8 Å². The third kappa shape index (κ3) is 4.06. The zero-order chi connectivity index (χ0) is 31.9. The lowest BCUT2D eigenvalue weighted by atomic mass is 9.54. The second-order valence-electron chi connectivity index (χ2n) is 13.8. The first-order valence-corrected chi connectivity index (χ1v) is 16.3. The predicted octanol–water partition coefficient (Wildman–Crippen LogP) is 11.8. The van der Waals surface area contributed by atoms with Crippen LogP contribution in [0.2, 0.25) is 0 Å². The Hall–Kier alpha value is -5.54. The van der Waals surface area contributed by atoms with Crippen LogP contribution >= 0.6 is 0 Å². The van der Waals surface area contributed by atoms with Crippen molar-refractivity contribution in [2.45, 2.75) is 38.5 Å². The maximum Gasteiger partial charge on any atom is 0.136 e. The van der Waals surface area contributed by atoms with E-state index in [0.29, 0.717) is 0 Å². The summed E-state index contributed by atoms with van der Waals surface area (Å²) in [7, 11) is 0. The molecule has 1 aliphatic carbocycles. The summed E-state index contributed by atoms with van der Waals surface area (Å²) < 4.78 is 6.30. The van der Waals surface area contributed by atoms with Gasteiger partial charge in [-0.1, -0.05) is 125 Å². The summed E-state index contributed by atoms with van der Waals surface area (Å²) in [6.45, 7) is 9.58. The van der Waals surface area contributed by atoms with Crippen molar-refractivity contribution in [1.29, 1.82) is 0 Å². The number of furan rings is 1. The minimum absolute atomic E-state index is 0.112. The van der Waals surface area contributed by atoms with Gasteiger partial charge in [0.1, 0.15) is 11.2 Å². The fraction of sp³-hybridized carbons (Fsp3) is 0.136. The number of benzene rings is 6. The topological polar surface area (TPSA) is 38.9 Å². The van der Waals surface area contributed by atoms with E-state index in [1.54, 1.807) is 0 Å². The Kier molecular flexibility index (Phi) is 5.89. The van der Waals surface area contributed by atoms with Crippen LogP contribution in [0, 0.1) is 0 Å². The van der Waals surface area contributed by atoms with Gasteiger partial charge in [0, 0.05) is 27.3 Å². The second-order valence-corrected chi connectivity index (χ2v) is 13.8. The van der Waals surface area contributed by atoms with Crippen molar-refractivity contribution in [2.24, 2.45) is 0 Å². The molecule has 0 fully saturated rings. The van der Waals surface area contributed by atoms with Crippen LogP contribution in [0.3, 0.4) is 0 Å². The van der Waals surface area contributed by atoms with Gasteiger partial charge in [-0.3, -0.25) is 0 Å². The first-order valence-electron chi connectivity index (χ1n) is 16.3.